The maximum absolute atomic E-state index is 14.7. The van der Waals surface area contributed by atoms with Crippen LogP contribution in [-0.2, 0) is 16.4 Å². The van der Waals surface area contributed by atoms with E-state index >= 15 is 0 Å². The van der Waals surface area contributed by atoms with Crippen molar-refractivity contribution in [1.82, 2.24) is 9.88 Å². The highest BCUT2D eigenvalue weighted by molar-refractivity contribution is 7.91. The molecule has 1 aliphatic heterocycles. The Labute approximate surface area is 151 Å². The zero-order valence-corrected chi connectivity index (χ0v) is 15.0. The van der Waals surface area contributed by atoms with Crippen LogP contribution in [0.25, 0.3) is 22.0 Å². The number of nitrogen functional groups attached to an aromatic ring is 1. The monoisotopic (exact) mass is 373 g/mol. The molecule has 0 saturated carbocycles. The third-order valence-corrected chi connectivity index (χ3v) is 6.48. The van der Waals surface area contributed by atoms with Gasteiger partial charge in [-0.15, -0.1) is 0 Å². The van der Waals surface area contributed by atoms with Gasteiger partial charge in [0.2, 0.25) is 0 Å². The van der Waals surface area contributed by atoms with E-state index in [1.54, 1.807) is 6.07 Å². The molecular weight excluding hydrogens is 353 g/mol. The van der Waals surface area contributed by atoms with E-state index < -0.39 is 9.84 Å². The van der Waals surface area contributed by atoms with Gasteiger partial charge in [0.15, 0.2) is 9.84 Å². The Kier molecular flexibility index (Phi) is 4.20. The van der Waals surface area contributed by atoms with Crippen LogP contribution in [0, 0.1) is 5.82 Å². The third kappa shape index (κ3) is 3.32. The first kappa shape index (κ1) is 17.1. The van der Waals surface area contributed by atoms with Crippen molar-refractivity contribution in [3.05, 3.63) is 53.8 Å². The van der Waals surface area contributed by atoms with Crippen LogP contribution in [0.4, 0.5) is 10.2 Å². The van der Waals surface area contributed by atoms with Gasteiger partial charge in [-0.25, -0.2) is 12.8 Å². The molecule has 2 heterocycles. The molecule has 7 heteroatoms. The molecule has 0 radical (unpaired) electrons. The Balaban J connectivity index is 1.60. The molecule has 0 amide bonds. The van der Waals surface area contributed by atoms with Crippen LogP contribution in [0.2, 0.25) is 0 Å². The molecule has 1 aromatic heterocycles. The minimum atomic E-state index is -2.93. The molecule has 0 spiro atoms. The number of halogens is 1. The van der Waals surface area contributed by atoms with Crippen molar-refractivity contribution in [1.29, 1.82) is 0 Å². The van der Waals surface area contributed by atoms with Crippen LogP contribution in [0.3, 0.4) is 0 Å². The highest BCUT2D eigenvalue weighted by Crippen LogP contribution is 2.30. The number of fused-ring (bicyclic) bond motifs is 1. The van der Waals surface area contributed by atoms with Gasteiger partial charge in [-0.3, -0.25) is 4.90 Å². The lowest BCUT2D eigenvalue weighted by atomic mass is 10.0. The maximum atomic E-state index is 14.7. The van der Waals surface area contributed by atoms with Gasteiger partial charge < -0.3 is 10.7 Å². The number of nitrogens with two attached hydrogens (primary N) is 1. The Morgan fingerprint density at radius 3 is 2.62 bits per heavy atom. The summed E-state index contributed by atoms with van der Waals surface area (Å²) in [6, 6.07) is 12.9. The number of anilines is 1. The van der Waals surface area contributed by atoms with E-state index in [0.717, 1.165) is 22.0 Å². The normalized spacial score (nSPS) is 17.6. The van der Waals surface area contributed by atoms with Gasteiger partial charge in [-0.2, -0.15) is 0 Å². The van der Waals surface area contributed by atoms with Crippen molar-refractivity contribution in [3.8, 4) is 11.1 Å². The smallest absolute Gasteiger partial charge is 0.152 e. The fourth-order valence-electron chi connectivity index (χ4n) is 3.41. The first-order valence-corrected chi connectivity index (χ1v) is 10.3. The predicted molar refractivity (Wildman–Crippen MR) is 102 cm³/mol. The number of H-pyrrole nitrogens is 1. The standard InChI is InChI=1S/C19H20FN3O2S/c20-17-10-13(16-3-1-2-14-11-18(21)22-19(14)16)4-5-15(17)12-23-6-8-26(24,25)9-7-23/h1-5,10-11,22H,6-9,12,21H2. The first-order valence-electron chi connectivity index (χ1n) is 8.50. The molecule has 0 unspecified atom stereocenters. The van der Waals surface area contributed by atoms with Crippen molar-refractivity contribution >= 4 is 26.6 Å². The number of para-hydroxylation sites is 1. The molecule has 3 N–H and O–H groups in total. The van der Waals surface area contributed by atoms with E-state index in [9.17, 15) is 12.8 Å². The second kappa shape index (κ2) is 6.41. The quantitative estimate of drug-likeness (QED) is 0.740. The van der Waals surface area contributed by atoms with Crippen LogP contribution < -0.4 is 5.73 Å². The predicted octanol–water partition coefficient (Wildman–Crippen LogP) is 2.79. The molecule has 1 saturated heterocycles. The zero-order chi connectivity index (χ0) is 18.3. The number of sulfone groups is 1. The number of nitrogens with zero attached hydrogens (tertiary/aromatic N) is 1. The molecule has 0 aliphatic carbocycles. The van der Waals surface area contributed by atoms with E-state index in [4.69, 9.17) is 5.73 Å². The summed E-state index contributed by atoms with van der Waals surface area (Å²) in [4.78, 5) is 5.10. The average Bonchev–Trinajstić information content (AvgIpc) is 2.98. The summed E-state index contributed by atoms with van der Waals surface area (Å²) in [7, 11) is -2.93. The second-order valence-electron chi connectivity index (χ2n) is 6.73. The molecule has 1 aliphatic rings. The fourth-order valence-corrected chi connectivity index (χ4v) is 4.69. The fraction of sp³-hybridized carbons (Fsp3) is 0.263. The molecular formula is C19H20FN3O2S. The number of benzene rings is 2. The van der Waals surface area contributed by atoms with Crippen LogP contribution in [0.5, 0.6) is 0 Å². The minimum absolute atomic E-state index is 0.142. The maximum Gasteiger partial charge on any atom is 0.152 e. The summed E-state index contributed by atoms with van der Waals surface area (Å²) in [5, 5.41) is 0.985. The molecule has 0 bridgehead atoms. The van der Waals surface area contributed by atoms with E-state index in [2.05, 4.69) is 4.98 Å². The van der Waals surface area contributed by atoms with E-state index in [-0.39, 0.29) is 17.3 Å². The SMILES string of the molecule is Nc1cc2cccc(-c3ccc(CN4CCS(=O)(=O)CC4)c(F)c3)c2[nH]1. The van der Waals surface area contributed by atoms with E-state index in [1.807, 2.05) is 35.2 Å². The molecule has 1 fully saturated rings. The Bertz CT molecular complexity index is 1060. The van der Waals surface area contributed by atoms with Gasteiger partial charge in [0.1, 0.15) is 11.6 Å². The topological polar surface area (TPSA) is 79.2 Å². The van der Waals surface area contributed by atoms with Crippen LogP contribution >= 0.6 is 0 Å². The van der Waals surface area contributed by atoms with Crippen molar-refractivity contribution in [2.75, 3.05) is 30.3 Å². The second-order valence-corrected chi connectivity index (χ2v) is 9.03. The average molecular weight is 373 g/mol. The molecule has 3 aromatic rings. The molecule has 2 aromatic carbocycles. The van der Waals surface area contributed by atoms with Gasteiger partial charge in [-0.05, 0) is 17.7 Å². The largest absolute Gasteiger partial charge is 0.385 e. The van der Waals surface area contributed by atoms with Gasteiger partial charge in [0, 0.05) is 36.1 Å². The lowest BCUT2D eigenvalue weighted by molar-refractivity contribution is 0.283. The van der Waals surface area contributed by atoms with E-state index in [1.165, 1.54) is 6.07 Å². The Morgan fingerprint density at radius 1 is 1.12 bits per heavy atom. The first-order chi connectivity index (χ1) is 12.4. The lowest BCUT2D eigenvalue weighted by Gasteiger charge is -2.26. The zero-order valence-electron chi connectivity index (χ0n) is 14.2. The number of hydrogen-bond donors (Lipinski definition) is 2. The number of aromatic amines is 1. The Hall–Kier alpha value is -2.38. The summed E-state index contributed by atoms with van der Waals surface area (Å²) >= 11 is 0. The number of nitrogens with one attached hydrogen (secondary N) is 1. The van der Waals surface area contributed by atoms with Crippen molar-refractivity contribution in [3.63, 3.8) is 0 Å². The molecule has 5 nitrogen and oxygen atoms in total. The summed E-state index contributed by atoms with van der Waals surface area (Å²) in [5.41, 5.74) is 8.97. The summed E-state index contributed by atoms with van der Waals surface area (Å²) in [5.74, 6) is 0.573. The molecule has 136 valence electrons. The number of aromatic nitrogens is 1. The molecule has 4 rings (SSSR count). The molecule has 0 atom stereocenters. The van der Waals surface area contributed by atoms with Gasteiger partial charge in [0.05, 0.1) is 17.0 Å². The van der Waals surface area contributed by atoms with Gasteiger partial charge in [-0.1, -0.05) is 30.3 Å². The van der Waals surface area contributed by atoms with Gasteiger partial charge >= 0.3 is 0 Å². The van der Waals surface area contributed by atoms with Crippen molar-refractivity contribution < 1.29 is 12.8 Å². The highest BCUT2D eigenvalue weighted by Gasteiger charge is 2.22. The number of hydrogen-bond acceptors (Lipinski definition) is 4. The van der Waals surface area contributed by atoms with Crippen LogP contribution in [-0.4, -0.2) is 42.9 Å². The Morgan fingerprint density at radius 2 is 1.88 bits per heavy atom. The van der Waals surface area contributed by atoms with Crippen LogP contribution in [0.1, 0.15) is 5.56 Å². The van der Waals surface area contributed by atoms with Crippen LogP contribution in [0.15, 0.2) is 42.5 Å². The summed E-state index contributed by atoms with van der Waals surface area (Å²) < 4.78 is 37.7. The number of rotatable bonds is 3. The summed E-state index contributed by atoms with van der Waals surface area (Å²) in [6.07, 6.45) is 0. The summed E-state index contributed by atoms with van der Waals surface area (Å²) in [6.45, 7) is 1.32. The van der Waals surface area contributed by atoms with Crippen molar-refractivity contribution in [2.24, 2.45) is 0 Å². The highest BCUT2D eigenvalue weighted by atomic mass is 32.2. The van der Waals surface area contributed by atoms with Crippen molar-refractivity contribution in [2.45, 2.75) is 6.54 Å². The van der Waals surface area contributed by atoms with Gasteiger partial charge in [0.25, 0.3) is 0 Å². The lowest BCUT2D eigenvalue weighted by Crippen LogP contribution is -2.39. The molecule has 26 heavy (non-hydrogen) atoms. The minimum Gasteiger partial charge on any atom is -0.385 e. The third-order valence-electron chi connectivity index (χ3n) is 4.87. The van der Waals surface area contributed by atoms with E-state index in [0.29, 0.717) is 31.0 Å².